The fourth-order valence-electron chi connectivity index (χ4n) is 1.47. The number of benzene rings is 1. The lowest BCUT2D eigenvalue weighted by molar-refractivity contribution is 0.471. The van der Waals surface area contributed by atoms with Crippen molar-refractivity contribution in [2.24, 2.45) is 0 Å². The lowest BCUT2D eigenvalue weighted by atomic mass is 10.1. The largest absolute Gasteiger partial charge is 0.508 e. The minimum Gasteiger partial charge on any atom is -0.508 e. The Balaban J connectivity index is 2.88. The molecule has 68 valence electrons. The minimum atomic E-state index is 0.308. The van der Waals surface area contributed by atoms with Gasteiger partial charge in [0, 0.05) is 10.3 Å². The maximum absolute atomic E-state index is 9.63. The Labute approximate surface area is 85.6 Å². The van der Waals surface area contributed by atoms with Crippen LogP contribution in [0.1, 0.15) is 11.1 Å². The summed E-state index contributed by atoms with van der Waals surface area (Å²) in [7, 11) is 0. The summed E-state index contributed by atoms with van der Waals surface area (Å²) in [6.07, 6.45) is 0. The molecule has 0 amide bonds. The molecular formula is C10H9ClOS. The molecule has 2 aromatic rings. The smallest absolute Gasteiger partial charge is 0.121 e. The molecule has 0 spiro atoms. The van der Waals surface area contributed by atoms with Crippen LogP contribution in [0.15, 0.2) is 17.5 Å². The van der Waals surface area contributed by atoms with Crippen molar-refractivity contribution in [1.82, 2.24) is 0 Å². The van der Waals surface area contributed by atoms with Crippen molar-refractivity contribution in [3.8, 4) is 5.75 Å². The van der Waals surface area contributed by atoms with Gasteiger partial charge in [0.1, 0.15) is 5.75 Å². The molecule has 2 rings (SSSR count). The molecule has 1 heterocycles. The number of phenolic OH excluding ortho intramolecular Hbond substituents is 1. The summed E-state index contributed by atoms with van der Waals surface area (Å²) < 4.78 is 1.10. The fraction of sp³-hybridized carbons (Fsp3) is 0.200. The van der Waals surface area contributed by atoms with Crippen LogP contribution in [-0.2, 0) is 5.88 Å². The second-order valence-corrected chi connectivity index (χ2v) is 4.17. The van der Waals surface area contributed by atoms with Crippen molar-refractivity contribution in [2.75, 3.05) is 0 Å². The summed E-state index contributed by atoms with van der Waals surface area (Å²) in [6, 6.07) is 3.83. The summed E-state index contributed by atoms with van der Waals surface area (Å²) >= 11 is 7.39. The van der Waals surface area contributed by atoms with Crippen LogP contribution >= 0.6 is 22.9 Å². The summed E-state index contributed by atoms with van der Waals surface area (Å²) in [5.41, 5.74) is 1.94. The van der Waals surface area contributed by atoms with Gasteiger partial charge in [-0.1, -0.05) is 0 Å². The molecule has 3 heteroatoms. The lowest BCUT2D eigenvalue weighted by Crippen LogP contribution is -1.82. The molecule has 0 fully saturated rings. The first-order valence-corrected chi connectivity index (χ1v) is 5.40. The van der Waals surface area contributed by atoms with Crippen LogP contribution in [0, 0.1) is 6.92 Å². The van der Waals surface area contributed by atoms with Crippen LogP contribution < -0.4 is 0 Å². The van der Waals surface area contributed by atoms with E-state index in [1.54, 1.807) is 17.4 Å². The number of aromatic hydroxyl groups is 1. The quantitative estimate of drug-likeness (QED) is 0.716. The Morgan fingerprint density at radius 1 is 1.54 bits per heavy atom. The number of alkyl halides is 1. The van der Waals surface area contributed by atoms with Gasteiger partial charge in [0.25, 0.3) is 0 Å². The van der Waals surface area contributed by atoms with Gasteiger partial charge in [0.2, 0.25) is 0 Å². The van der Waals surface area contributed by atoms with Crippen molar-refractivity contribution in [3.63, 3.8) is 0 Å². The van der Waals surface area contributed by atoms with Crippen LogP contribution in [0.5, 0.6) is 5.75 Å². The van der Waals surface area contributed by atoms with E-state index in [0.29, 0.717) is 11.6 Å². The predicted octanol–water partition coefficient (Wildman–Crippen LogP) is 3.65. The average molecular weight is 213 g/mol. The highest BCUT2D eigenvalue weighted by Gasteiger charge is 2.09. The Bertz CT molecular complexity index is 447. The maximum atomic E-state index is 9.63. The molecule has 0 aliphatic carbocycles. The molecule has 1 nitrogen and oxygen atoms in total. The molecule has 0 bridgehead atoms. The van der Waals surface area contributed by atoms with Gasteiger partial charge in [-0.3, -0.25) is 0 Å². The zero-order valence-corrected chi connectivity index (χ0v) is 8.75. The van der Waals surface area contributed by atoms with Crippen LogP contribution in [-0.4, -0.2) is 5.11 Å². The molecule has 0 unspecified atom stereocenters. The SMILES string of the molecule is Cc1cc(O)c(CCl)c2sccc12. The molecule has 1 aromatic carbocycles. The molecule has 0 aliphatic heterocycles. The second-order valence-electron chi connectivity index (χ2n) is 2.99. The van der Waals surface area contributed by atoms with Gasteiger partial charge >= 0.3 is 0 Å². The number of rotatable bonds is 1. The molecule has 13 heavy (non-hydrogen) atoms. The standard InChI is InChI=1S/C10H9ClOS/c1-6-4-9(12)8(5-11)10-7(6)2-3-13-10/h2-4,12H,5H2,1H3. The second kappa shape index (κ2) is 3.20. The van der Waals surface area contributed by atoms with Gasteiger partial charge in [-0.15, -0.1) is 22.9 Å². The number of thiophene rings is 1. The third-order valence-corrected chi connectivity index (χ3v) is 3.40. The van der Waals surface area contributed by atoms with Gasteiger partial charge in [-0.05, 0) is 35.4 Å². The Kier molecular flexibility index (Phi) is 2.18. The van der Waals surface area contributed by atoms with Crippen molar-refractivity contribution in [3.05, 3.63) is 28.6 Å². The van der Waals surface area contributed by atoms with E-state index >= 15 is 0 Å². The van der Waals surface area contributed by atoms with E-state index in [4.69, 9.17) is 11.6 Å². The van der Waals surface area contributed by atoms with Crippen LogP contribution in [0.2, 0.25) is 0 Å². The first-order chi connectivity index (χ1) is 6.24. The van der Waals surface area contributed by atoms with Gasteiger partial charge in [-0.25, -0.2) is 0 Å². The summed E-state index contributed by atoms with van der Waals surface area (Å²) in [5.74, 6) is 0.672. The normalized spacial score (nSPS) is 10.9. The molecule has 1 aromatic heterocycles. The Hall–Kier alpha value is -0.730. The lowest BCUT2D eigenvalue weighted by Gasteiger charge is -2.04. The molecule has 0 atom stereocenters. The van der Waals surface area contributed by atoms with E-state index in [1.807, 2.05) is 12.3 Å². The summed E-state index contributed by atoms with van der Waals surface area (Å²) in [5, 5.41) is 12.8. The zero-order chi connectivity index (χ0) is 9.42. The van der Waals surface area contributed by atoms with E-state index in [-0.39, 0.29) is 0 Å². The highest BCUT2D eigenvalue weighted by Crippen LogP contribution is 2.34. The van der Waals surface area contributed by atoms with E-state index < -0.39 is 0 Å². The molecule has 0 radical (unpaired) electrons. The third kappa shape index (κ3) is 1.30. The summed E-state index contributed by atoms with van der Waals surface area (Å²) in [4.78, 5) is 0. The molecule has 0 aliphatic rings. The molecular weight excluding hydrogens is 204 g/mol. The van der Waals surface area contributed by atoms with Crippen LogP contribution in [0.3, 0.4) is 0 Å². The van der Waals surface area contributed by atoms with E-state index in [9.17, 15) is 5.11 Å². The molecule has 1 N–H and O–H groups in total. The molecule has 0 saturated carbocycles. The van der Waals surface area contributed by atoms with Crippen molar-refractivity contribution >= 4 is 33.0 Å². The highest BCUT2D eigenvalue weighted by atomic mass is 35.5. The molecule has 0 saturated heterocycles. The number of phenols is 1. The predicted molar refractivity (Wildman–Crippen MR) is 57.8 cm³/mol. The highest BCUT2D eigenvalue weighted by molar-refractivity contribution is 7.17. The first-order valence-electron chi connectivity index (χ1n) is 3.98. The van der Waals surface area contributed by atoms with Crippen LogP contribution in [0.4, 0.5) is 0 Å². The van der Waals surface area contributed by atoms with Gasteiger partial charge in [0.15, 0.2) is 0 Å². The zero-order valence-electron chi connectivity index (χ0n) is 7.17. The fourth-order valence-corrected chi connectivity index (χ4v) is 2.83. The van der Waals surface area contributed by atoms with E-state index in [2.05, 4.69) is 6.07 Å². The Morgan fingerprint density at radius 3 is 3.00 bits per heavy atom. The van der Waals surface area contributed by atoms with Crippen molar-refractivity contribution in [2.45, 2.75) is 12.8 Å². The van der Waals surface area contributed by atoms with Gasteiger partial charge in [0.05, 0.1) is 5.88 Å². The number of halogens is 1. The van der Waals surface area contributed by atoms with Crippen LogP contribution in [0.25, 0.3) is 10.1 Å². The van der Waals surface area contributed by atoms with Gasteiger partial charge < -0.3 is 5.11 Å². The Morgan fingerprint density at radius 2 is 2.31 bits per heavy atom. The number of hydrogen-bond acceptors (Lipinski definition) is 2. The van der Waals surface area contributed by atoms with Crippen molar-refractivity contribution in [1.29, 1.82) is 0 Å². The van der Waals surface area contributed by atoms with Crippen molar-refractivity contribution < 1.29 is 5.11 Å². The number of hydrogen-bond donors (Lipinski definition) is 1. The van der Waals surface area contributed by atoms with Gasteiger partial charge in [-0.2, -0.15) is 0 Å². The first kappa shape index (κ1) is 8.85. The average Bonchev–Trinajstić information content (AvgIpc) is 2.53. The van der Waals surface area contributed by atoms with E-state index in [0.717, 1.165) is 15.8 Å². The number of aryl methyl sites for hydroxylation is 1. The van der Waals surface area contributed by atoms with E-state index in [1.165, 1.54) is 5.39 Å². The third-order valence-electron chi connectivity index (χ3n) is 2.16. The monoisotopic (exact) mass is 212 g/mol. The number of fused-ring (bicyclic) bond motifs is 1. The summed E-state index contributed by atoms with van der Waals surface area (Å²) in [6.45, 7) is 1.99. The maximum Gasteiger partial charge on any atom is 0.121 e. The minimum absolute atomic E-state index is 0.308. The topological polar surface area (TPSA) is 20.2 Å².